The Kier molecular flexibility index (Phi) is 5.69. The molecule has 0 spiro atoms. The Morgan fingerprint density at radius 3 is 2.65 bits per heavy atom. The fraction of sp³-hybridized carbons (Fsp3) is 0.538. The minimum absolute atomic E-state index is 0.260. The van der Waals surface area contributed by atoms with E-state index in [0.29, 0.717) is 30.5 Å². The van der Waals surface area contributed by atoms with E-state index in [2.05, 4.69) is 4.90 Å². The van der Waals surface area contributed by atoms with Gasteiger partial charge in [0, 0.05) is 37.1 Å². The highest BCUT2D eigenvalue weighted by Gasteiger charge is 2.26. The predicted molar refractivity (Wildman–Crippen MR) is 82.0 cm³/mol. The maximum absolute atomic E-state index is 12.6. The van der Waals surface area contributed by atoms with Gasteiger partial charge in [0.2, 0.25) is 10.0 Å². The summed E-state index contributed by atoms with van der Waals surface area (Å²) in [5.74, 6) is 0.570. The molecule has 20 heavy (non-hydrogen) atoms. The summed E-state index contributed by atoms with van der Waals surface area (Å²) in [6.45, 7) is 3.42. The molecule has 1 aromatic carbocycles. The van der Waals surface area contributed by atoms with E-state index in [1.54, 1.807) is 18.2 Å². The second kappa shape index (κ2) is 7.09. The van der Waals surface area contributed by atoms with Crippen molar-refractivity contribution in [1.29, 1.82) is 0 Å². The summed E-state index contributed by atoms with van der Waals surface area (Å²) in [4.78, 5) is 2.45. The molecule has 0 saturated carbocycles. The Bertz CT molecular complexity index is 551. The van der Waals surface area contributed by atoms with Crippen molar-refractivity contribution in [1.82, 2.24) is 9.21 Å². The van der Waals surface area contributed by atoms with E-state index in [1.165, 1.54) is 10.4 Å². The Balaban J connectivity index is 2.14. The van der Waals surface area contributed by atoms with Crippen molar-refractivity contribution >= 4 is 33.2 Å². The predicted octanol–water partition coefficient (Wildman–Crippen LogP) is 2.28. The number of halogens is 2. The lowest BCUT2D eigenvalue weighted by atomic mass is 10.4. The summed E-state index contributed by atoms with van der Waals surface area (Å²) >= 11 is 11.6. The van der Waals surface area contributed by atoms with Crippen molar-refractivity contribution in [2.75, 3.05) is 38.6 Å². The van der Waals surface area contributed by atoms with Gasteiger partial charge in [-0.05, 0) is 31.2 Å². The number of alkyl halides is 1. The van der Waals surface area contributed by atoms with Crippen LogP contribution in [0, 0.1) is 0 Å². The average molecular weight is 337 g/mol. The lowest BCUT2D eigenvalue weighted by Crippen LogP contribution is -2.35. The average Bonchev–Trinajstić information content (AvgIpc) is 2.65. The quantitative estimate of drug-likeness (QED) is 0.792. The van der Waals surface area contributed by atoms with Gasteiger partial charge in [-0.3, -0.25) is 0 Å². The summed E-state index contributed by atoms with van der Waals surface area (Å²) in [5.41, 5.74) is 0. The van der Waals surface area contributed by atoms with E-state index in [4.69, 9.17) is 23.2 Å². The third kappa shape index (κ3) is 3.86. The van der Waals surface area contributed by atoms with Crippen LogP contribution in [-0.2, 0) is 10.0 Å². The zero-order valence-electron chi connectivity index (χ0n) is 11.1. The molecule has 1 fully saturated rings. The second-order valence-corrected chi connectivity index (χ2v) is 7.50. The number of nitrogens with zero attached hydrogens (tertiary/aromatic N) is 2. The summed E-state index contributed by atoms with van der Waals surface area (Å²) in [5, 5.41) is 0.435. The van der Waals surface area contributed by atoms with Crippen LogP contribution in [0.4, 0.5) is 0 Å². The molecular formula is C13H18Cl2N2O2S. The fourth-order valence-electron chi connectivity index (χ4n) is 2.31. The molecule has 1 saturated heterocycles. The minimum Gasteiger partial charge on any atom is -0.301 e. The first kappa shape index (κ1) is 16.0. The zero-order valence-corrected chi connectivity index (χ0v) is 13.5. The van der Waals surface area contributed by atoms with E-state index in [1.807, 2.05) is 0 Å². The van der Waals surface area contributed by atoms with Gasteiger partial charge in [0.05, 0.1) is 4.90 Å². The molecule has 1 heterocycles. The summed E-state index contributed by atoms with van der Waals surface area (Å²) in [6, 6.07) is 6.42. The first-order valence-corrected chi connectivity index (χ1v) is 8.93. The molecule has 4 nitrogen and oxygen atoms in total. The van der Waals surface area contributed by atoms with Crippen LogP contribution in [-0.4, -0.2) is 56.2 Å². The van der Waals surface area contributed by atoms with Gasteiger partial charge in [-0.1, -0.05) is 17.7 Å². The van der Waals surface area contributed by atoms with E-state index >= 15 is 0 Å². The standard InChI is InChI=1S/C13H18Cl2N2O2S/c14-5-8-16-6-2-7-17(10-9-16)20(18,19)13-4-1-3-12(15)11-13/h1,3-4,11H,2,5-10H2. The monoisotopic (exact) mass is 336 g/mol. The number of hydrogen-bond donors (Lipinski definition) is 0. The number of rotatable bonds is 4. The molecule has 1 aromatic rings. The number of benzene rings is 1. The van der Waals surface area contributed by atoms with Gasteiger partial charge in [-0.2, -0.15) is 4.31 Å². The molecule has 0 amide bonds. The van der Waals surface area contributed by atoms with E-state index in [9.17, 15) is 8.42 Å². The van der Waals surface area contributed by atoms with Gasteiger partial charge in [-0.15, -0.1) is 11.6 Å². The van der Waals surface area contributed by atoms with Crippen LogP contribution in [0.1, 0.15) is 6.42 Å². The maximum atomic E-state index is 12.6. The van der Waals surface area contributed by atoms with Gasteiger partial charge < -0.3 is 4.90 Å². The fourth-order valence-corrected chi connectivity index (χ4v) is 4.32. The first-order valence-electron chi connectivity index (χ1n) is 6.58. The molecule has 0 aromatic heterocycles. The SMILES string of the molecule is O=S(=O)(c1cccc(Cl)c1)N1CCCN(CCCl)CC1. The largest absolute Gasteiger partial charge is 0.301 e. The smallest absolute Gasteiger partial charge is 0.243 e. The van der Waals surface area contributed by atoms with Gasteiger partial charge in [0.1, 0.15) is 0 Å². The van der Waals surface area contributed by atoms with Crippen LogP contribution in [0.15, 0.2) is 29.2 Å². The summed E-state index contributed by atoms with van der Waals surface area (Å²) in [7, 11) is -3.46. The van der Waals surface area contributed by atoms with Crippen LogP contribution < -0.4 is 0 Å². The highest BCUT2D eigenvalue weighted by molar-refractivity contribution is 7.89. The van der Waals surface area contributed by atoms with Crippen LogP contribution >= 0.6 is 23.2 Å². The number of hydrogen-bond acceptors (Lipinski definition) is 3. The zero-order chi connectivity index (χ0) is 14.6. The molecular weight excluding hydrogens is 319 g/mol. The molecule has 0 radical (unpaired) electrons. The summed E-state index contributed by atoms with van der Waals surface area (Å²) in [6.07, 6.45) is 0.816. The van der Waals surface area contributed by atoms with Gasteiger partial charge in [0.15, 0.2) is 0 Å². The highest BCUT2D eigenvalue weighted by Crippen LogP contribution is 2.20. The molecule has 0 bridgehead atoms. The van der Waals surface area contributed by atoms with Crippen molar-refractivity contribution in [2.45, 2.75) is 11.3 Å². The Labute approximate surface area is 130 Å². The summed E-state index contributed by atoms with van der Waals surface area (Å²) < 4.78 is 26.7. The number of sulfonamides is 1. The topological polar surface area (TPSA) is 40.6 Å². The van der Waals surface area contributed by atoms with E-state index in [0.717, 1.165) is 19.5 Å². The molecule has 7 heteroatoms. The molecule has 0 atom stereocenters. The van der Waals surface area contributed by atoms with Gasteiger partial charge in [0.25, 0.3) is 0 Å². The Morgan fingerprint density at radius 2 is 1.95 bits per heavy atom. The molecule has 1 aliphatic heterocycles. The molecule has 1 aliphatic rings. The maximum Gasteiger partial charge on any atom is 0.243 e. The van der Waals surface area contributed by atoms with Gasteiger partial charge >= 0.3 is 0 Å². The van der Waals surface area contributed by atoms with Crippen molar-refractivity contribution < 1.29 is 8.42 Å². The molecule has 112 valence electrons. The highest BCUT2D eigenvalue weighted by atomic mass is 35.5. The lowest BCUT2D eigenvalue weighted by molar-refractivity contribution is 0.303. The Hall–Kier alpha value is -0.330. The van der Waals surface area contributed by atoms with Crippen molar-refractivity contribution in [3.63, 3.8) is 0 Å². The van der Waals surface area contributed by atoms with Gasteiger partial charge in [-0.25, -0.2) is 8.42 Å². The van der Waals surface area contributed by atoms with Crippen LogP contribution in [0.2, 0.25) is 5.02 Å². The van der Waals surface area contributed by atoms with Crippen LogP contribution in [0.3, 0.4) is 0 Å². The van der Waals surface area contributed by atoms with Crippen LogP contribution in [0.25, 0.3) is 0 Å². The first-order chi connectivity index (χ1) is 9.54. The van der Waals surface area contributed by atoms with E-state index < -0.39 is 10.0 Å². The van der Waals surface area contributed by atoms with Crippen LogP contribution in [0.5, 0.6) is 0 Å². The molecule has 2 rings (SSSR count). The second-order valence-electron chi connectivity index (χ2n) is 4.75. The Morgan fingerprint density at radius 1 is 1.15 bits per heavy atom. The third-order valence-corrected chi connectivity index (χ3v) is 5.68. The molecule has 0 unspecified atom stereocenters. The van der Waals surface area contributed by atoms with Crippen molar-refractivity contribution in [2.24, 2.45) is 0 Å². The normalized spacial score (nSPS) is 18.9. The third-order valence-electron chi connectivity index (χ3n) is 3.38. The molecule has 0 N–H and O–H groups in total. The minimum atomic E-state index is -3.46. The van der Waals surface area contributed by atoms with E-state index in [-0.39, 0.29) is 4.90 Å². The lowest BCUT2D eigenvalue weighted by Gasteiger charge is -2.21. The van der Waals surface area contributed by atoms with Crippen molar-refractivity contribution in [3.05, 3.63) is 29.3 Å². The molecule has 0 aliphatic carbocycles. The van der Waals surface area contributed by atoms with Crippen molar-refractivity contribution in [3.8, 4) is 0 Å².